The number of hydrogen-bond donors (Lipinski definition) is 0. The van der Waals surface area contributed by atoms with Gasteiger partial charge in [-0.2, -0.15) is 10.2 Å². The Morgan fingerprint density at radius 3 is 1.97 bits per heavy atom. The maximum absolute atomic E-state index is 12.5. The lowest BCUT2D eigenvalue weighted by Gasteiger charge is -2.13. The van der Waals surface area contributed by atoms with Crippen LogP contribution in [-0.2, 0) is 6.42 Å². The Bertz CT molecular complexity index is 1420. The molecule has 2 heterocycles. The largest absolute Gasteiger partial charge is 0.423 e. The quantitative estimate of drug-likeness (QED) is 0.115. The van der Waals surface area contributed by atoms with Crippen LogP contribution in [0.5, 0.6) is 5.75 Å². The van der Waals surface area contributed by atoms with Crippen molar-refractivity contribution in [2.45, 2.75) is 39.0 Å². The molecule has 5 rings (SSSR count). The average molecular weight is 538 g/mol. The molecule has 0 bridgehead atoms. The van der Waals surface area contributed by atoms with Crippen molar-refractivity contribution in [2.75, 3.05) is 18.0 Å². The van der Waals surface area contributed by atoms with E-state index in [0.29, 0.717) is 22.7 Å². The zero-order chi connectivity index (χ0) is 26.9. The maximum Gasteiger partial charge on any atom is 0.343 e. The van der Waals surface area contributed by atoms with Gasteiger partial charge in [-0.05, 0) is 104 Å². The standard InChI is InChI=1S/C31H31N5O2S/c1-2-3-6-23-7-9-24(10-8-23)31(37)38-28-17-15-27(16-18-28)33-32-25-11-13-26(14-12-25)34-35-29-19-20-30(39-29)36-21-4-5-22-36/h7-20H,2-6,21-22H2,1H3. The third-order valence-electron chi connectivity index (χ3n) is 6.45. The predicted octanol–water partition coefficient (Wildman–Crippen LogP) is 9.74. The van der Waals surface area contributed by atoms with Crippen LogP contribution in [0, 0.1) is 0 Å². The molecule has 1 fully saturated rings. The molecular weight excluding hydrogens is 506 g/mol. The lowest BCUT2D eigenvalue weighted by molar-refractivity contribution is 0.0734. The third-order valence-corrected chi connectivity index (χ3v) is 7.48. The van der Waals surface area contributed by atoms with E-state index in [0.717, 1.165) is 43.0 Å². The summed E-state index contributed by atoms with van der Waals surface area (Å²) >= 11 is 1.67. The SMILES string of the molecule is CCCCc1ccc(C(=O)Oc2ccc(N=Nc3ccc(N=Nc4ccc(N5CCCC5)s4)cc3)cc2)cc1. The first-order valence-corrected chi connectivity index (χ1v) is 14.2. The van der Waals surface area contributed by atoms with Crippen LogP contribution in [0.3, 0.4) is 0 Å². The number of esters is 1. The lowest BCUT2D eigenvalue weighted by atomic mass is 10.1. The summed E-state index contributed by atoms with van der Waals surface area (Å²) in [5.74, 6) is 0.0804. The summed E-state index contributed by atoms with van der Waals surface area (Å²) in [6.07, 6.45) is 5.82. The van der Waals surface area contributed by atoms with Crippen LogP contribution in [0.25, 0.3) is 0 Å². The molecule has 1 aliphatic heterocycles. The van der Waals surface area contributed by atoms with Gasteiger partial charge in [-0.1, -0.05) is 36.8 Å². The summed E-state index contributed by atoms with van der Waals surface area (Å²) in [7, 11) is 0. The van der Waals surface area contributed by atoms with Crippen LogP contribution < -0.4 is 9.64 Å². The van der Waals surface area contributed by atoms with Gasteiger partial charge in [0.15, 0.2) is 0 Å². The molecular formula is C31H31N5O2S. The Morgan fingerprint density at radius 2 is 1.36 bits per heavy atom. The van der Waals surface area contributed by atoms with Gasteiger partial charge in [0.1, 0.15) is 10.8 Å². The summed E-state index contributed by atoms with van der Waals surface area (Å²) in [4.78, 5) is 14.9. The highest BCUT2D eigenvalue weighted by molar-refractivity contribution is 7.19. The van der Waals surface area contributed by atoms with Crippen LogP contribution in [0.15, 0.2) is 105 Å². The minimum Gasteiger partial charge on any atom is -0.423 e. The van der Waals surface area contributed by atoms with E-state index in [-0.39, 0.29) is 5.97 Å². The Hall–Kier alpha value is -4.17. The van der Waals surface area contributed by atoms with Crippen molar-refractivity contribution >= 4 is 44.4 Å². The van der Waals surface area contributed by atoms with Crippen molar-refractivity contribution in [1.29, 1.82) is 0 Å². The normalized spacial score (nSPS) is 13.5. The van der Waals surface area contributed by atoms with E-state index in [1.165, 1.54) is 23.4 Å². The molecule has 39 heavy (non-hydrogen) atoms. The third kappa shape index (κ3) is 7.45. The highest BCUT2D eigenvalue weighted by atomic mass is 32.1. The second-order valence-electron chi connectivity index (χ2n) is 9.41. The maximum atomic E-state index is 12.5. The van der Waals surface area contributed by atoms with Gasteiger partial charge in [0, 0.05) is 13.1 Å². The van der Waals surface area contributed by atoms with Crippen molar-refractivity contribution in [3.63, 3.8) is 0 Å². The topological polar surface area (TPSA) is 79.0 Å². The van der Waals surface area contributed by atoms with Gasteiger partial charge in [0.2, 0.25) is 0 Å². The van der Waals surface area contributed by atoms with E-state index in [4.69, 9.17) is 4.74 Å². The number of nitrogens with zero attached hydrogens (tertiary/aromatic N) is 5. The smallest absolute Gasteiger partial charge is 0.343 e. The second kappa shape index (κ2) is 13.1. The summed E-state index contributed by atoms with van der Waals surface area (Å²) in [5, 5.41) is 19.5. The van der Waals surface area contributed by atoms with Crippen LogP contribution in [0.1, 0.15) is 48.5 Å². The Kier molecular flexibility index (Phi) is 8.86. The van der Waals surface area contributed by atoms with Gasteiger partial charge in [-0.15, -0.1) is 10.2 Å². The van der Waals surface area contributed by atoms with Crippen LogP contribution in [-0.4, -0.2) is 19.1 Å². The summed E-state index contributed by atoms with van der Waals surface area (Å²) in [6.45, 7) is 4.42. The van der Waals surface area contributed by atoms with Crippen molar-refractivity contribution < 1.29 is 9.53 Å². The summed E-state index contributed by atoms with van der Waals surface area (Å²) in [5.41, 5.74) is 3.88. The molecule has 0 unspecified atom stereocenters. The molecule has 1 saturated heterocycles. The monoisotopic (exact) mass is 537 g/mol. The molecule has 0 N–H and O–H groups in total. The number of unbranched alkanes of at least 4 members (excludes halogenated alkanes) is 1. The zero-order valence-electron chi connectivity index (χ0n) is 22.0. The molecule has 1 aliphatic rings. The molecule has 0 aliphatic carbocycles. The van der Waals surface area contributed by atoms with E-state index < -0.39 is 0 Å². The van der Waals surface area contributed by atoms with Crippen LogP contribution in [0.2, 0.25) is 0 Å². The number of thiophene rings is 1. The van der Waals surface area contributed by atoms with E-state index in [2.05, 4.69) is 38.3 Å². The molecule has 0 amide bonds. The highest BCUT2D eigenvalue weighted by Gasteiger charge is 2.14. The number of hydrogen-bond acceptors (Lipinski definition) is 8. The molecule has 4 aromatic rings. The fraction of sp³-hybridized carbons (Fsp3) is 0.258. The molecule has 1 aromatic heterocycles. The number of aryl methyl sites for hydroxylation is 1. The number of azo groups is 2. The molecule has 198 valence electrons. The first kappa shape index (κ1) is 26.4. The number of benzene rings is 3. The van der Waals surface area contributed by atoms with Crippen LogP contribution >= 0.6 is 11.3 Å². The fourth-order valence-corrected chi connectivity index (χ4v) is 5.10. The molecule has 7 nitrogen and oxygen atoms in total. The first-order valence-electron chi connectivity index (χ1n) is 13.4. The van der Waals surface area contributed by atoms with Crippen molar-refractivity contribution in [2.24, 2.45) is 20.5 Å². The zero-order valence-corrected chi connectivity index (χ0v) is 22.8. The minimum absolute atomic E-state index is 0.380. The Labute approximate surface area is 232 Å². The molecule has 0 spiro atoms. The van der Waals surface area contributed by atoms with Crippen molar-refractivity contribution in [3.05, 3.63) is 96.1 Å². The minimum atomic E-state index is -0.380. The first-order chi connectivity index (χ1) is 19.2. The molecule has 0 atom stereocenters. The highest BCUT2D eigenvalue weighted by Crippen LogP contribution is 2.35. The van der Waals surface area contributed by atoms with E-state index in [9.17, 15) is 4.79 Å². The summed E-state index contributed by atoms with van der Waals surface area (Å²) < 4.78 is 5.50. The Morgan fingerprint density at radius 1 is 0.769 bits per heavy atom. The van der Waals surface area contributed by atoms with E-state index in [1.54, 1.807) is 35.6 Å². The summed E-state index contributed by atoms with van der Waals surface area (Å²) in [6, 6.07) is 26.1. The lowest BCUT2D eigenvalue weighted by Crippen LogP contribution is -2.15. The molecule has 0 saturated carbocycles. The van der Waals surface area contributed by atoms with Gasteiger partial charge in [0.25, 0.3) is 0 Å². The van der Waals surface area contributed by atoms with Gasteiger partial charge >= 0.3 is 5.97 Å². The van der Waals surface area contributed by atoms with Gasteiger partial charge in [0.05, 0.1) is 27.6 Å². The molecule has 8 heteroatoms. The predicted molar refractivity (Wildman–Crippen MR) is 157 cm³/mol. The van der Waals surface area contributed by atoms with Gasteiger partial charge in [-0.25, -0.2) is 4.79 Å². The molecule has 3 aromatic carbocycles. The number of carbonyl (C=O) groups is 1. The van der Waals surface area contributed by atoms with Crippen LogP contribution in [0.4, 0.5) is 27.1 Å². The second-order valence-corrected chi connectivity index (χ2v) is 10.4. The van der Waals surface area contributed by atoms with Crippen molar-refractivity contribution in [1.82, 2.24) is 0 Å². The van der Waals surface area contributed by atoms with E-state index in [1.807, 2.05) is 54.6 Å². The molecule has 0 radical (unpaired) electrons. The Balaban J connectivity index is 1.12. The number of ether oxygens (including phenoxy) is 1. The fourth-order valence-electron chi connectivity index (χ4n) is 4.22. The number of rotatable bonds is 10. The van der Waals surface area contributed by atoms with E-state index >= 15 is 0 Å². The average Bonchev–Trinajstić information content (AvgIpc) is 3.68. The van der Waals surface area contributed by atoms with Gasteiger partial charge in [-0.3, -0.25) is 0 Å². The number of carbonyl (C=O) groups excluding carboxylic acids is 1. The van der Waals surface area contributed by atoms with Crippen molar-refractivity contribution in [3.8, 4) is 5.75 Å². The van der Waals surface area contributed by atoms with Gasteiger partial charge < -0.3 is 9.64 Å². The number of anilines is 1.